The molecule has 4 nitrogen and oxygen atoms in total. The van der Waals surface area contributed by atoms with Gasteiger partial charge in [-0.3, -0.25) is 0 Å². The molecule has 2 aliphatic carbocycles. The van der Waals surface area contributed by atoms with Crippen molar-refractivity contribution < 1.29 is 0 Å². The second kappa shape index (κ2) is 7.05. The third-order valence-corrected chi connectivity index (χ3v) is 7.06. The fourth-order valence-electron chi connectivity index (χ4n) is 5.32. The van der Waals surface area contributed by atoms with Crippen LogP contribution in [0, 0.1) is 5.92 Å². The van der Waals surface area contributed by atoms with Crippen molar-refractivity contribution in [1.29, 1.82) is 0 Å². The molecule has 1 heterocycles. The van der Waals surface area contributed by atoms with E-state index in [9.17, 15) is 0 Å². The van der Waals surface area contributed by atoms with E-state index in [4.69, 9.17) is 10.3 Å². The van der Waals surface area contributed by atoms with Gasteiger partial charge in [0.1, 0.15) is 5.69 Å². The Morgan fingerprint density at radius 2 is 1.57 bits per heavy atom. The average molecular weight is 401 g/mol. The minimum absolute atomic E-state index is 0.141. The number of aromatic nitrogens is 3. The molecule has 30 heavy (non-hydrogen) atoms. The number of hydrogen-bond acceptors (Lipinski definition) is 3. The first-order valence-corrected chi connectivity index (χ1v) is 11.3. The van der Waals surface area contributed by atoms with Crippen LogP contribution in [0.4, 0.5) is 0 Å². The van der Waals surface area contributed by atoms with Gasteiger partial charge in [-0.05, 0) is 55.7 Å². The van der Waals surface area contributed by atoms with Crippen molar-refractivity contribution >= 4 is 0 Å². The van der Waals surface area contributed by atoms with Crippen molar-refractivity contribution in [1.82, 2.24) is 20.3 Å². The van der Waals surface area contributed by atoms with E-state index in [0.29, 0.717) is 23.8 Å². The minimum atomic E-state index is -0.141. The van der Waals surface area contributed by atoms with E-state index in [1.807, 2.05) is 0 Å². The van der Waals surface area contributed by atoms with Gasteiger partial charge in [0.05, 0.1) is 11.2 Å². The van der Waals surface area contributed by atoms with Crippen LogP contribution in [0.15, 0.2) is 48.5 Å². The molecule has 156 valence electrons. The van der Waals surface area contributed by atoms with Gasteiger partial charge in [-0.25, -0.2) is 4.68 Å². The molecule has 0 saturated heterocycles. The molecule has 2 aliphatic rings. The van der Waals surface area contributed by atoms with E-state index in [0.717, 1.165) is 18.7 Å². The molecule has 1 saturated carbocycles. The summed E-state index contributed by atoms with van der Waals surface area (Å²) in [6, 6.07) is 18.2. The summed E-state index contributed by atoms with van der Waals surface area (Å²) >= 11 is 0. The summed E-state index contributed by atoms with van der Waals surface area (Å²) in [6.07, 6.45) is 0.993. The lowest BCUT2D eigenvalue weighted by Gasteiger charge is -2.29. The fraction of sp³-hybridized carbons (Fsp3) is 0.462. The molecule has 0 bridgehead atoms. The maximum Gasteiger partial charge on any atom is 0.121 e. The van der Waals surface area contributed by atoms with Gasteiger partial charge in [0.2, 0.25) is 0 Å². The third-order valence-electron chi connectivity index (χ3n) is 7.06. The van der Waals surface area contributed by atoms with Crippen molar-refractivity contribution in [2.24, 2.45) is 5.92 Å². The van der Waals surface area contributed by atoms with E-state index >= 15 is 0 Å². The number of fused-ring (bicyclic) bond motifs is 8. The van der Waals surface area contributed by atoms with E-state index in [-0.39, 0.29) is 5.54 Å². The van der Waals surface area contributed by atoms with Gasteiger partial charge in [-0.2, -0.15) is 0 Å². The lowest BCUT2D eigenvalue weighted by atomic mass is 9.88. The Kier molecular flexibility index (Phi) is 4.59. The van der Waals surface area contributed by atoms with Crippen molar-refractivity contribution in [2.45, 2.75) is 64.5 Å². The van der Waals surface area contributed by atoms with Crippen LogP contribution in [0.2, 0.25) is 0 Å². The minimum Gasteiger partial charge on any atom is -0.314 e. The summed E-state index contributed by atoms with van der Waals surface area (Å²) in [6.45, 7) is 12.3. The highest BCUT2D eigenvalue weighted by Gasteiger charge is 2.51. The van der Waals surface area contributed by atoms with Crippen molar-refractivity contribution in [3.63, 3.8) is 0 Å². The van der Waals surface area contributed by atoms with Crippen LogP contribution < -0.4 is 5.32 Å². The summed E-state index contributed by atoms with van der Waals surface area (Å²) in [5.41, 5.74) is 7.49. The van der Waals surface area contributed by atoms with Gasteiger partial charge in [-0.1, -0.05) is 74.5 Å². The standard InChI is InChI=1S/C26H32N4/c1-16(2)27-15-14-26(4,5)30-25-21-13-9-7-11-19(21)23-17(3)22(23)18-10-6-8-12-20(18)24(25)28-29-30/h6-13,16-17,22-23,27H,14-15H2,1-5H3/t17-,22?,23?/m1/s1. The average Bonchev–Trinajstić information content (AvgIpc) is 3.16. The van der Waals surface area contributed by atoms with Crippen molar-refractivity contribution in [3.05, 3.63) is 59.7 Å². The smallest absolute Gasteiger partial charge is 0.121 e. The van der Waals surface area contributed by atoms with Gasteiger partial charge < -0.3 is 5.32 Å². The zero-order valence-corrected chi connectivity index (χ0v) is 18.7. The number of benzene rings is 2. The second-order valence-electron chi connectivity index (χ2n) is 9.95. The molecule has 5 rings (SSSR count). The molecule has 0 aliphatic heterocycles. The maximum atomic E-state index is 4.78. The quantitative estimate of drug-likeness (QED) is 0.609. The molecule has 3 atom stereocenters. The van der Waals surface area contributed by atoms with Crippen LogP contribution in [0.3, 0.4) is 0 Å². The van der Waals surface area contributed by atoms with Crippen LogP contribution in [0.25, 0.3) is 22.5 Å². The molecule has 1 fully saturated rings. The van der Waals surface area contributed by atoms with Gasteiger partial charge in [0, 0.05) is 17.2 Å². The highest BCUT2D eigenvalue weighted by molar-refractivity contribution is 5.84. The predicted octanol–water partition coefficient (Wildman–Crippen LogP) is 5.57. The van der Waals surface area contributed by atoms with Crippen molar-refractivity contribution in [3.8, 4) is 22.5 Å². The normalized spacial score (nSPS) is 21.9. The molecule has 0 radical (unpaired) electrons. The first-order valence-electron chi connectivity index (χ1n) is 11.3. The maximum absolute atomic E-state index is 4.78. The molecule has 2 unspecified atom stereocenters. The zero-order valence-electron chi connectivity index (χ0n) is 18.7. The lowest BCUT2D eigenvalue weighted by Crippen LogP contribution is -2.34. The van der Waals surface area contributed by atoms with Gasteiger partial charge in [0.15, 0.2) is 0 Å². The Bertz CT molecular complexity index is 1080. The van der Waals surface area contributed by atoms with Crippen LogP contribution in [-0.4, -0.2) is 27.6 Å². The van der Waals surface area contributed by atoms with E-state index in [1.165, 1.54) is 27.9 Å². The summed E-state index contributed by atoms with van der Waals surface area (Å²) in [5.74, 6) is 1.80. The third kappa shape index (κ3) is 3.01. The molecule has 1 N–H and O–H groups in total. The second-order valence-corrected chi connectivity index (χ2v) is 9.95. The predicted molar refractivity (Wildman–Crippen MR) is 123 cm³/mol. The monoisotopic (exact) mass is 400 g/mol. The van der Waals surface area contributed by atoms with E-state index in [2.05, 4.69) is 93.1 Å². The summed E-state index contributed by atoms with van der Waals surface area (Å²) < 4.78 is 2.19. The molecule has 4 heteroatoms. The van der Waals surface area contributed by atoms with Gasteiger partial charge >= 0.3 is 0 Å². The molecule has 0 spiro atoms. The molecular formula is C26H32N4. The molecule has 3 aromatic rings. The van der Waals surface area contributed by atoms with Crippen LogP contribution >= 0.6 is 0 Å². The lowest BCUT2D eigenvalue weighted by molar-refractivity contribution is 0.285. The fourth-order valence-corrected chi connectivity index (χ4v) is 5.32. The SMILES string of the molecule is CC(C)NCCC(C)(C)n1nnc2c1-c1ccccc1C1C(c3ccccc3-2)[C@H]1C. The molecule has 2 aromatic carbocycles. The highest BCUT2D eigenvalue weighted by Crippen LogP contribution is 2.64. The topological polar surface area (TPSA) is 42.7 Å². The Hall–Kier alpha value is -2.46. The summed E-state index contributed by atoms with van der Waals surface area (Å²) in [4.78, 5) is 0. The Morgan fingerprint density at radius 1 is 0.967 bits per heavy atom. The summed E-state index contributed by atoms with van der Waals surface area (Å²) in [5, 5.41) is 13.1. The number of nitrogens with one attached hydrogen (secondary N) is 1. The number of nitrogens with zero attached hydrogens (tertiary/aromatic N) is 3. The number of rotatable bonds is 5. The zero-order chi connectivity index (χ0) is 21.0. The van der Waals surface area contributed by atoms with E-state index in [1.54, 1.807) is 0 Å². The Labute approximate surface area is 179 Å². The van der Waals surface area contributed by atoms with E-state index < -0.39 is 0 Å². The Balaban J connectivity index is 1.69. The van der Waals surface area contributed by atoms with Gasteiger partial charge in [-0.15, -0.1) is 5.10 Å². The Morgan fingerprint density at radius 3 is 2.23 bits per heavy atom. The van der Waals surface area contributed by atoms with Gasteiger partial charge in [0.25, 0.3) is 0 Å². The van der Waals surface area contributed by atoms with Crippen LogP contribution in [-0.2, 0) is 5.54 Å². The summed E-state index contributed by atoms with van der Waals surface area (Å²) in [7, 11) is 0. The molecule has 1 aromatic heterocycles. The molecule has 0 amide bonds. The van der Waals surface area contributed by atoms with Crippen LogP contribution in [0.1, 0.15) is 64.0 Å². The highest BCUT2D eigenvalue weighted by atomic mass is 15.5. The van der Waals surface area contributed by atoms with Crippen LogP contribution in [0.5, 0.6) is 0 Å². The molecular weight excluding hydrogens is 368 g/mol. The largest absolute Gasteiger partial charge is 0.314 e. The first kappa shape index (κ1) is 19.5. The number of hydrogen-bond donors (Lipinski definition) is 1. The van der Waals surface area contributed by atoms with Crippen molar-refractivity contribution in [2.75, 3.05) is 6.54 Å². The first-order chi connectivity index (χ1) is 14.4.